The maximum atomic E-state index is 12.8. The van der Waals surface area contributed by atoms with Crippen LogP contribution in [0.15, 0.2) is 60.7 Å². The van der Waals surface area contributed by atoms with Gasteiger partial charge in [0.2, 0.25) is 5.13 Å². The van der Waals surface area contributed by atoms with Crippen LogP contribution in [-0.2, 0) is 4.74 Å². The highest BCUT2D eigenvalue weighted by Crippen LogP contribution is 2.44. The van der Waals surface area contributed by atoms with Crippen molar-refractivity contribution in [3.05, 3.63) is 66.2 Å². The van der Waals surface area contributed by atoms with Crippen molar-refractivity contribution < 1.29 is 27.4 Å². The fraction of sp³-hybridized carbons (Fsp3) is 0.333. The Morgan fingerprint density at radius 2 is 1.68 bits per heavy atom. The van der Waals surface area contributed by atoms with Gasteiger partial charge in [0.25, 0.3) is 0 Å². The van der Waals surface area contributed by atoms with Gasteiger partial charge in [-0.05, 0) is 67.9 Å². The Morgan fingerprint density at radius 3 is 2.32 bits per heavy atom. The van der Waals surface area contributed by atoms with Gasteiger partial charge in [-0.15, -0.1) is 23.4 Å². The van der Waals surface area contributed by atoms with Gasteiger partial charge in [-0.1, -0.05) is 30.4 Å². The molecule has 0 amide bonds. The number of anilines is 3. The minimum absolute atomic E-state index is 0.265. The third kappa shape index (κ3) is 6.60. The number of methoxy groups -OCH3 is 1. The van der Waals surface area contributed by atoms with Crippen LogP contribution in [0.2, 0.25) is 0 Å². The summed E-state index contributed by atoms with van der Waals surface area (Å²) in [4.78, 5) is 21.6. The molecule has 14 heteroatoms. The van der Waals surface area contributed by atoms with Crippen molar-refractivity contribution in [1.29, 1.82) is 0 Å². The molecule has 1 aliphatic heterocycles. The number of rotatable bonds is 9. The topological polar surface area (TPSA) is 97.6 Å². The van der Waals surface area contributed by atoms with Crippen LogP contribution in [0.25, 0.3) is 33.0 Å². The van der Waals surface area contributed by atoms with E-state index in [0.29, 0.717) is 27.1 Å². The number of fused-ring (bicyclic) bond motifs is 1. The minimum Gasteiger partial charge on any atom is -0.465 e. The van der Waals surface area contributed by atoms with Gasteiger partial charge in [-0.25, -0.2) is 9.78 Å². The van der Waals surface area contributed by atoms with Crippen LogP contribution in [0.5, 0.6) is 5.75 Å². The molecule has 0 atom stereocenters. The summed E-state index contributed by atoms with van der Waals surface area (Å²) in [5.41, 5.74) is 5.60. The fourth-order valence-electron chi connectivity index (χ4n) is 5.88. The Balaban J connectivity index is 1.25. The molecule has 0 bridgehead atoms. The summed E-state index contributed by atoms with van der Waals surface area (Å²) in [6.45, 7) is 6.76. The van der Waals surface area contributed by atoms with Gasteiger partial charge < -0.3 is 29.2 Å². The predicted octanol–water partition coefficient (Wildman–Crippen LogP) is 7.13. The van der Waals surface area contributed by atoms with Crippen molar-refractivity contribution >= 4 is 44.8 Å². The summed E-state index contributed by atoms with van der Waals surface area (Å²) in [7, 11) is 1.35. The van der Waals surface area contributed by atoms with E-state index in [1.165, 1.54) is 30.6 Å². The molecule has 0 spiro atoms. The largest absolute Gasteiger partial charge is 0.573 e. The average molecular weight is 664 g/mol. The molecule has 5 aromatic rings. The molecular weight excluding hydrogens is 631 g/mol. The van der Waals surface area contributed by atoms with Gasteiger partial charge >= 0.3 is 12.3 Å². The Labute approximate surface area is 272 Å². The van der Waals surface area contributed by atoms with E-state index < -0.39 is 12.3 Å². The molecule has 0 radical (unpaired) electrons. The lowest BCUT2D eigenvalue weighted by Gasteiger charge is -2.36. The number of carbonyl (C=O) groups excluding carboxylic acids is 1. The van der Waals surface area contributed by atoms with Crippen LogP contribution in [0.3, 0.4) is 0 Å². The zero-order valence-electron chi connectivity index (χ0n) is 25.8. The lowest BCUT2D eigenvalue weighted by atomic mass is 10.1. The number of hydrogen-bond donors (Lipinski definition) is 1. The van der Waals surface area contributed by atoms with Crippen LogP contribution >= 0.6 is 11.3 Å². The van der Waals surface area contributed by atoms with Gasteiger partial charge in [0, 0.05) is 43.3 Å². The van der Waals surface area contributed by atoms with Gasteiger partial charge in [-0.2, -0.15) is 0 Å². The number of imidazole rings is 1. The molecule has 7 rings (SSSR count). The highest BCUT2D eigenvalue weighted by atomic mass is 32.1. The van der Waals surface area contributed by atoms with Gasteiger partial charge in [0.1, 0.15) is 16.6 Å². The van der Waals surface area contributed by atoms with Crippen LogP contribution in [-0.4, -0.2) is 76.8 Å². The number of likely N-dealkylation sites (N-methyl/N-ethyl adjacent to an activating group) is 1. The maximum absolute atomic E-state index is 12.8. The third-order valence-corrected chi connectivity index (χ3v) is 9.33. The smallest absolute Gasteiger partial charge is 0.465 e. The second-order valence-electron chi connectivity index (χ2n) is 11.5. The number of aromatic nitrogens is 4. The molecule has 2 fully saturated rings. The molecule has 0 unspecified atom stereocenters. The van der Waals surface area contributed by atoms with Crippen molar-refractivity contribution in [3.63, 3.8) is 0 Å². The summed E-state index contributed by atoms with van der Waals surface area (Å²) in [6.07, 6.45) is -2.74. The van der Waals surface area contributed by atoms with Crippen LogP contribution in [0.1, 0.15) is 36.2 Å². The second-order valence-corrected chi connectivity index (χ2v) is 12.5. The molecule has 1 N–H and O–H groups in total. The lowest BCUT2D eigenvalue weighted by Crippen LogP contribution is -2.46. The van der Waals surface area contributed by atoms with Gasteiger partial charge in [0.15, 0.2) is 0 Å². The van der Waals surface area contributed by atoms with Crippen LogP contribution in [0.4, 0.5) is 29.7 Å². The predicted molar refractivity (Wildman–Crippen MR) is 174 cm³/mol. The first-order valence-electron chi connectivity index (χ1n) is 15.4. The number of carbonyl (C=O) groups is 1. The molecule has 1 saturated heterocycles. The van der Waals surface area contributed by atoms with Crippen molar-refractivity contribution in [1.82, 2.24) is 24.6 Å². The van der Waals surface area contributed by atoms with Crippen LogP contribution < -0.4 is 15.0 Å². The number of halogens is 3. The van der Waals surface area contributed by atoms with Gasteiger partial charge in [0.05, 0.1) is 35.1 Å². The van der Waals surface area contributed by atoms with Crippen LogP contribution in [0, 0.1) is 0 Å². The quantitative estimate of drug-likeness (QED) is 0.165. The first-order valence-corrected chi connectivity index (χ1v) is 16.2. The highest BCUT2D eigenvalue weighted by Gasteiger charge is 2.32. The van der Waals surface area contributed by atoms with E-state index in [-0.39, 0.29) is 11.8 Å². The molecule has 3 heterocycles. The number of nitrogens with zero attached hydrogens (tertiary/aromatic N) is 6. The molecule has 3 aromatic carbocycles. The minimum atomic E-state index is -4.76. The summed E-state index contributed by atoms with van der Waals surface area (Å²) in [5, 5.41) is 13.6. The van der Waals surface area contributed by atoms with Crippen molar-refractivity contribution in [3.8, 4) is 27.7 Å². The number of alkyl halides is 3. The second kappa shape index (κ2) is 12.5. The first kappa shape index (κ1) is 30.9. The highest BCUT2D eigenvalue weighted by molar-refractivity contribution is 7.18. The molecule has 2 aliphatic rings. The number of benzene rings is 3. The summed E-state index contributed by atoms with van der Waals surface area (Å²) in [6, 6.07) is 17.4. The lowest BCUT2D eigenvalue weighted by molar-refractivity contribution is -0.274. The summed E-state index contributed by atoms with van der Waals surface area (Å²) < 4.78 is 49.4. The van der Waals surface area contributed by atoms with E-state index in [9.17, 15) is 18.0 Å². The molecule has 244 valence electrons. The summed E-state index contributed by atoms with van der Waals surface area (Å²) >= 11 is 1.40. The molecule has 47 heavy (non-hydrogen) atoms. The van der Waals surface area contributed by atoms with Crippen molar-refractivity contribution in [2.45, 2.75) is 32.2 Å². The van der Waals surface area contributed by atoms with E-state index in [2.05, 4.69) is 47.6 Å². The SMILES string of the molecule is CCN1CCN(c2cc3c(cc2Nc2nnc(-c4ccc(C(=O)OC)cc4)s2)nc(-c2ccc(OC(F)(F)F)cc2)n3C2CC2)CC1. The Bertz CT molecular complexity index is 1900. The summed E-state index contributed by atoms with van der Waals surface area (Å²) in [5.74, 6) is 0.0263. The third-order valence-electron chi connectivity index (χ3n) is 8.44. The maximum Gasteiger partial charge on any atom is 0.573 e. The van der Waals surface area contributed by atoms with Crippen molar-refractivity contribution in [2.75, 3.05) is 50.1 Å². The number of ether oxygens (including phenoxy) is 2. The first-order chi connectivity index (χ1) is 22.7. The zero-order valence-corrected chi connectivity index (χ0v) is 26.6. The molecule has 1 saturated carbocycles. The molecule has 2 aromatic heterocycles. The normalized spacial score (nSPS) is 15.6. The van der Waals surface area contributed by atoms with E-state index in [1.54, 1.807) is 24.3 Å². The van der Waals surface area contributed by atoms with Crippen molar-refractivity contribution in [2.24, 2.45) is 0 Å². The number of esters is 1. The fourth-order valence-corrected chi connectivity index (χ4v) is 6.64. The molecule has 1 aliphatic carbocycles. The number of hydrogen-bond acceptors (Lipinski definition) is 10. The van der Waals surface area contributed by atoms with E-state index in [0.717, 1.165) is 73.5 Å². The monoisotopic (exact) mass is 663 g/mol. The molecule has 10 nitrogen and oxygen atoms in total. The standard InChI is InChI=1S/C33H32F3N7O3S/c1-3-41-14-16-42(17-15-41)27-19-28-26(37-29(43(28)23-10-11-23)20-8-12-24(13-9-20)46-33(34,35)36)18-25(27)38-32-40-39-30(47-32)21-4-6-22(7-5-21)31(44)45-2/h4-9,12-13,18-19,23H,3,10-11,14-17H2,1-2H3,(H,38,40). The number of nitrogens with one attached hydrogen (secondary N) is 1. The average Bonchev–Trinajstić information content (AvgIpc) is 3.69. The van der Waals surface area contributed by atoms with E-state index in [4.69, 9.17) is 9.72 Å². The Hall–Kier alpha value is -4.69. The zero-order chi connectivity index (χ0) is 32.7. The van der Waals surface area contributed by atoms with E-state index in [1.807, 2.05) is 18.2 Å². The Morgan fingerprint density at radius 1 is 0.979 bits per heavy atom. The Kier molecular flexibility index (Phi) is 8.22. The van der Waals surface area contributed by atoms with Gasteiger partial charge in [-0.3, -0.25) is 0 Å². The number of piperazine rings is 1. The molecular formula is C33H32F3N7O3S. The van der Waals surface area contributed by atoms with E-state index >= 15 is 0 Å².